The Morgan fingerprint density at radius 1 is 1.00 bits per heavy atom. The van der Waals surface area contributed by atoms with Crippen molar-refractivity contribution in [3.8, 4) is 5.75 Å². The molecule has 4 nitrogen and oxygen atoms in total. The Balaban J connectivity index is 1.49. The van der Waals surface area contributed by atoms with Gasteiger partial charge in [-0.25, -0.2) is 9.79 Å². The van der Waals surface area contributed by atoms with Gasteiger partial charge in [0.1, 0.15) is 5.75 Å². The lowest BCUT2D eigenvalue weighted by atomic mass is 10.0. The van der Waals surface area contributed by atoms with Crippen LogP contribution in [-0.4, -0.2) is 18.5 Å². The molecule has 0 amide bonds. The van der Waals surface area contributed by atoms with E-state index in [4.69, 9.17) is 9.47 Å². The molecular weight excluding hydrogens is 640 g/mol. The average molecular weight is 663 g/mol. The van der Waals surface area contributed by atoms with E-state index in [0.29, 0.717) is 24.1 Å². The number of esters is 1. The molecule has 0 bridgehead atoms. The van der Waals surface area contributed by atoms with Gasteiger partial charge in [0.25, 0.3) is 0 Å². The van der Waals surface area contributed by atoms with Gasteiger partial charge in [-0.2, -0.15) is 0 Å². The van der Waals surface area contributed by atoms with Gasteiger partial charge in [-0.05, 0) is 98.1 Å². The van der Waals surface area contributed by atoms with E-state index in [9.17, 15) is 4.79 Å². The summed E-state index contributed by atoms with van der Waals surface area (Å²) in [6, 6.07) is 22.2. The van der Waals surface area contributed by atoms with Crippen molar-refractivity contribution in [2.75, 3.05) is 6.61 Å². The van der Waals surface area contributed by atoms with Crippen molar-refractivity contribution in [2.24, 2.45) is 4.99 Å². The monoisotopic (exact) mass is 663 g/mol. The van der Waals surface area contributed by atoms with Gasteiger partial charge in [-0.15, -0.1) is 0 Å². The van der Waals surface area contributed by atoms with Gasteiger partial charge in [0.2, 0.25) is 5.90 Å². The van der Waals surface area contributed by atoms with E-state index in [1.807, 2.05) is 54.6 Å². The third-order valence-corrected chi connectivity index (χ3v) is 6.85. The first-order valence-electron chi connectivity index (χ1n) is 10.7. The zero-order valence-corrected chi connectivity index (χ0v) is 22.7. The predicted molar refractivity (Wildman–Crippen MR) is 149 cm³/mol. The van der Waals surface area contributed by atoms with Crippen LogP contribution in [0.15, 0.2) is 77.4 Å². The molecule has 0 aliphatic carbocycles. The Morgan fingerprint density at radius 2 is 1.67 bits per heavy atom. The number of rotatable bonds is 7. The summed E-state index contributed by atoms with van der Waals surface area (Å²) in [7, 11) is 0. The normalized spacial score (nSPS) is 14.5. The molecule has 0 unspecified atom stereocenters. The first-order chi connectivity index (χ1) is 15.9. The molecule has 1 heterocycles. The van der Waals surface area contributed by atoms with Gasteiger partial charge in [-0.3, -0.25) is 0 Å². The van der Waals surface area contributed by atoms with Gasteiger partial charge in [0.05, 0.1) is 13.7 Å². The smallest absolute Gasteiger partial charge is 0.363 e. The van der Waals surface area contributed by atoms with Crippen LogP contribution in [0, 0.1) is 7.14 Å². The number of halogens is 2. The van der Waals surface area contributed by atoms with E-state index in [2.05, 4.69) is 76.2 Å². The molecule has 0 atom stereocenters. The van der Waals surface area contributed by atoms with Crippen LogP contribution < -0.4 is 4.74 Å². The van der Waals surface area contributed by atoms with Gasteiger partial charge < -0.3 is 9.47 Å². The van der Waals surface area contributed by atoms with Crippen molar-refractivity contribution in [1.29, 1.82) is 0 Å². The van der Waals surface area contributed by atoms with Crippen molar-refractivity contribution in [3.05, 3.63) is 102 Å². The molecule has 1 aliphatic rings. The zero-order valence-electron chi connectivity index (χ0n) is 18.3. The molecular formula is C27H23I2NO3. The molecule has 3 aromatic carbocycles. The highest BCUT2D eigenvalue weighted by Crippen LogP contribution is 2.31. The van der Waals surface area contributed by atoms with Gasteiger partial charge in [-0.1, -0.05) is 56.3 Å². The molecule has 0 N–H and O–H groups in total. The molecule has 0 aromatic heterocycles. The minimum absolute atomic E-state index is 0.294. The highest BCUT2D eigenvalue weighted by molar-refractivity contribution is 14.1. The fourth-order valence-corrected chi connectivity index (χ4v) is 5.55. The summed E-state index contributed by atoms with van der Waals surface area (Å²) in [6.45, 7) is 4.89. The van der Waals surface area contributed by atoms with Crippen LogP contribution >= 0.6 is 45.2 Å². The van der Waals surface area contributed by atoms with Crippen molar-refractivity contribution in [3.63, 3.8) is 0 Å². The number of nitrogens with zero attached hydrogens (tertiary/aromatic N) is 1. The highest BCUT2D eigenvalue weighted by Gasteiger charge is 2.24. The lowest BCUT2D eigenvalue weighted by molar-refractivity contribution is -0.129. The van der Waals surface area contributed by atoms with E-state index >= 15 is 0 Å². The molecule has 6 heteroatoms. The average Bonchev–Trinajstić information content (AvgIpc) is 3.16. The number of hydrogen-bond donors (Lipinski definition) is 0. The maximum atomic E-state index is 12.4. The Hall–Kier alpha value is -2.20. The summed E-state index contributed by atoms with van der Waals surface area (Å²) in [6.07, 6.45) is 2.61. The minimum atomic E-state index is -0.439. The maximum absolute atomic E-state index is 12.4. The molecule has 3 aromatic rings. The lowest BCUT2D eigenvalue weighted by Gasteiger charge is -2.11. The van der Waals surface area contributed by atoms with Crippen LogP contribution in [0.25, 0.3) is 6.08 Å². The third-order valence-electron chi connectivity index (χ3n) is 5.25. The molecule has 0 spiro atoms. The summed E-state index contributed by atoms with van der Waals surface area (Å²) < 4.78 is 13.5. The molecule has 0 saturated heterocycles. The fraction of sp³-hybridized carbons (Fsp3) is 0.185. The molecule has 0 saturated carbocycles. The van der Waals surface area contributed by atoms with E-state index in [1.165, 1.54) is 11.1 Å². The SMILES string of the molecule is CC(C)c1ccc(C2=N/C(=C\c3cc(I)c(OCCc4ccccc4)c(I)c3)C(=O)O2)cc1. The van der Waals surface area contributed by atoms with E-state index < -0.39 is 5.97 Å². The van der Waals surface area contributed by atoms with E-state index in [1.54, 1.807) is 6.08 Å². The second kappa shape index (κ2) is 10.8. The number of hydrogen-bond acceptors (Lipinski definition) is 4. The number of benzene rings is 3. The minimum Gasteiger partial charge on any atom is -0.491 e. The standard InChI is InChI=1S/C27H23I2NO3/c1-17(2)20-8-10-21(11-9-20)26-30-24(27(31)33-26)16-19-14-22(28)25(23(29)15-19)32-13-12-18-6-4-3-5-7-18/h3-11,14-17H,12-13H2,1-2H3/b24-16-. The topological polar surface area (TPSA) is 47.9 Å². The maximum Gasteiger partial charge on any atom is 0.363 e. The second-order valence-corrected chi connectivity index (χ2v) is 10.3. The number of carbonyl (C=O) groups is 1. The van der Waals surface area contributed by atoms with Crippen LogP contribution in [0.3, 0.4) is 0 Å². The highest BCUT2D eigenvalue weighted by atomic mass is 127. The Morgan fingerprint density at radius 3 is 2.30 bits per heavy atom. The summed E-state index contributed by atoms with van der Waals surface area (Å²) >= 11 is 4.54. The molecule has 4 rings (SSSR count). The van der Waals surface area contributed by atoms with Gasteiger partial charge in [0.15, 0.2) is 5.70 Å². The van der Waals surface area contributed by atoms with Crippen LogP contribution in [0.2, 0.25) is 0 Å². The molecule has 33 heavy (non-hydrogen) atoms. The second-order valence-electron chi connectivity index (χ2n) is 8.01. The Kier molecular flexibility index (Phi) is 7.85. The number of cyclic esters (lactones) is 1. The fourth-order valence-electron chi connectivity index (χ4n) is 3.42. The summed E-state index contributed by atoms with van der Waals surface area (Å²) in [5, 5.41) is 0. The number of carbonyl (C=O) groups excluding carboxylic acids is 1. The van der Waals surface area contributed by atoms with Crippen LogP contribution in [0.1, 0.15) is 42.0 Å². The molecule has 1 aliphatic heterocycles. The van der Waals surface area contributed by atoms with E-state index in [-0.39, 0.29) is 0 Å². The van der Waals surface area contributed by atoms with Gasteiger partial charge >= 0.3 is 5.97 Å². The van der Waals surface area contributed by atoms with Crippen LogP contribution in [0.5, 0.6) is 5.75 Å². The number of aliphatic imine (C=N–C) groups is 1. The summed E-state index contributed by atoms with van der Waals surface area (Å²) in [5.74, 6) is 1.20. The Bertz CT molecular complexity index is 1190. The largest absolute Gasteiger partial charge is 0.491 e. The van der Waals surface area contributed by atoms with Crippen molar-refractivity contribution >= 4 is 63.1 Å². The quantitative estimate of drug-likeness (QED) is 0.156. The van der Waals surface area contributed by atoms with Gasteiger partial charge in [0, 0.05) is 12.0 Å². The van der Waals surface area contributed by atoms with Crippen molar-refractivity contribution < 1.29 is 14.3 Å². The summed E-state index contributed by atoms with van der Waals surface area (Å²) in [5.41, 5.74) is 4.45. The molecule has 0 fully saturated rings. The van der Waals surface area contributed by atoms with Crippen molar-refractivity contribution in [2.45, 2.75) is 26.2 Å². The first kappa shape index (κ1) is 23.9. The first-order valence-corrected chi connectivity index (χ1v) is 12.8. The molecule has 0 radical (unpaired) electrons. The molecule has 168 valence electrons. The summed E-state index contributed by atoms with van der Waals surface area (Å²) in [4.78, 5) is 16.9. The van der Waals surface area contributed by atoms with Crippen LogP contribution in [-0.2, 0) is 16.0 Å². The third kappa shape index (κ3) is 6.03. The zero-order chi connectivity index (χ0) is 23.4. The van der Waals surface area contributed by atoms with E-state index in [0.717, 1.165) is 30.4 Å². The van der Waals surface area contributed by atoms with Crippen molar-refractivity contribution in [1.82, 2.24) is 0 Å². The van der Waals surface area contributed by atoms with Crippen LogP contribution in [0.4, 0.5) is 0 Å². The predicted octanol–water partition coefficient (Wildman–Crippen LogP) is 6.99. The Labute approximate surface area is 221 Å². The lowest BCUT2D eigenvalue weighted by Crippen LogP contribution is -2.05. The number of ether oxygens (including phenoxy) is 2.